The van der Waals surface area contributed by atoms with Crippen molar-refractivity contribution in [3.63, 3.8) is 0 Å². The molecule has 0 atom stereocenters. The van der Waals surface area contributed by atoms with Crippen LogP contribution in [-0.2, 0) is 12.0 Å². The zero-order chi connectivity index (χ0) is 14.0. The molecule has 1 N–H and O–H groups in total. The first-order valence-electron chi connectivity index (χ1n) is 6.19. The van der Waals surface area contributed by atoms with E-state index in [-0.39, 0.29) is 5.41 Å². The van der Waals surface area contributed by atoms with Gasteiger partial charge in [0, 0.05) is 17.3 Å². The molecule has 0 spiro atoms. The molecule has 0 radical (unpaired) electrons. The van der Waals surface area contributed by atoms with Crippen molar-refractivity contribution in [1.82, 2.24) is 9.55 Å². The number of imidazole rings is 1. The van der Waals surface area contributed by atoms with Crippen LogP contribution in [0.5, 0.6) is 0 Å². The van der Waals surface area contributed by atoms with Gasteiger partial charge in [-0.3, -0.25) is 0 Å². The van der Waals surface area contributed by atoms with Crippen LogP contribution in [0.3, 0.4) is 0 Å². The summed E-state index contributed by atoms with van der Waals surface area (Å²) in [6, 6.07) is 9.74. The summed E-state index contributed by atoms with van der Waals surface area (Å²) in [6.07, 6.45) is 1.98. The average molecular weight is 271 g/mol. The van der Waals surface area contributed by atoms with E-state index in [0.29, 0.717) is 5.56 Å². The molecule has 0 saturated heterocycles. The molecule has 0 saturated carbocycles. The lowest BCUT2D eigenvalue weighted by Crippen LogP contribution is -2.18. The number of rotatable bonds is 2. The van der Waals surface area contributed by atoms with E-state index in [1.54, 1.807) is 0 Å². The van der Waals surface area contributed by atoms with Gasteiger partial charge in [-0.2, -0.15) is 5.26 Å². The van der Waals surface area contributed by atoms with Crippen LogP contribution in [0.4, 0.5) is 0 Å². The molecule has 0 amide bonds. The fourth-order valence-electron chi connectivity index (χ4n) is 2.04. The monoisotopic (exact) mass is 271 g/mol. The van der Waals surface area contributed by atoms with E-state index in [9.17, 15) is 0 Å². The Labute approximate surface area is 118 Å². The Morgan fingerprint density at radius 3 is 2.42 bits per heavy atom. The molecule has 3 nitrogen and oxygen atoms in total. The highest BCUT2D eigenvalue weighted by Crippen LogP contribution is 2.23. The highest BCUT2D eigenvalue weighted by molar-refractivity contribution is 7.71. The van der Waals surface area contributed by atoms with Crippen LogP contribution in [0.25, 0.3) is 0 Å². The first kappa shape index (κ1) is 13.6. The molecule has 0 bridgehead atoms. The summed E-state index contributed by atoms with van der Waals surface area (Å²) in [6.45, 7) is 7.22. The van der Waals surface area contributed by atoms with Gasteiger partial charge in [-0.1, -0.05) is 32.9 Å². The van der Waals surface area contributed by atoms with E-state index in [1.807, 2.05) is 30.5 Å². The summed E-state index contributed by atoms with van der Waals surface area (Å²) in [7, 11) is 0. The number of nitrogens with one attached hydrogen (secondary N) is 1. The number of hydrogen-bond acceptors (Lipinski definition) is 2. The summed E-state index contributed by atoms with van der Waals surface area (Å²) in [4.78, 5) is 3.11. The zero-order valence-electron chi connectivity index (χ0n) is 11.4. The number of nitrogens with zero attached hydrogens (tertiary/aromatic N) is 2. The second-order valence-electron chi connectivity index (χ2n) is 5.62. The molecule has 0 aliphatic heterocycles. The summed E-state index contributed by atoms with van der Waals surface area (Å²) in [5, 5.41) is 8.80. The van der Waals surface area contributed by atoms with Crippen LogP contribution in [-0.4, -0.2) is 9.55 Å². The Balaban J connectivity index is 2.36. The lowest BCUT2D eigenvalue weighted by Gasteiger charge is -2.20. The minimum atomic E-state index is 0.0418. The molecule has 1 aromatic carbocycles. The van der Waals surface area contributed by atoms with Crippen molar-refractivity contribution in [2.75, 3.05) is 0 Å². The topological polar surface area (TPSA) is 44.5 Å². The molecule has 0 unspecified atom stereocenters. The third kappa shape index (κ3) is 2.94. The fourth-order valence-corrected chi connectivity index (χ4v) is 2.26. The van der Waals surface area contributed by atoms with Crippen molar-refractivity contribution in [2.24, 2.45) is 0 Å². The molecule has 0 aliphatic rings. The summed E-state index contributed by atoms with van der Waals surface area (Å²) in [5.41, 5.74) is 3.04. The molecule has 2 aromatic rings. The van der Waals surface area contributed by atoms with E-state index in [2.05, 4.69) is 36.4 Å². The molecule has 1 aromatic heterocycles. The van der Waals surface area contributed by atoms with E-state index in [0.717, 1.165) is 16.9 Å². The van der Waals surface area contributed by atoms with Gasteiger partial charge in [-0.05, 0) is 29.9 Å². The van der Waals surface area contributed by atoms with Crippen molar-refractivity contribution in [1.29, 1.82) is 5.26 Å². The van der Waals surface area contributed by atoms with Crippen molar-refractivity contribution < 1.29 is 0 Å². The van der Waals surface area contributed by atoms with Gasteiger partial charge in [0.15, 0.2) is 4.77 Å². The van der Waals surface area contributed by atoms with Gasteiger partial charge in [-0.15, -0.1) is 0 Å². The maximum absolute atomic E-state index is 8.80. The Bertz CT molecular complexity index is 663. The summed E-state index contributed by atoms with van der Waals surface area (Å²) in [5.74, 6) is 0. The lowest BCUT2D eigenvalue weighted by atomic mass is 9.92. The van der Waals surface area contributed by atoms with Crippen molar-refractivity contribution in [3.8, 4) is 6.07 Å². The zero-order valence-corrected chi connectivity index (χ0v) is 12.2. The predicted octanol–water partition coefficient (Wildman–Crippen LogP) is 3.76. The molecule has 1 heterocycles. The number of aromatic amines is 1. The molecule has 98 valence electrons. The maximum atomic E-state index is 8.80. The average Bonchev–Trinajstić information content (AvgIpc) is 2.72. The first-order chi connectivity index (χ1) is 8.91. The lowest BCUT2D eigenvalue weighted by molar-refractivity contribution is 0.529. The summed E-state index contributed by atoms with van der Waals surface area (Å²) < 4.78 is 2.84. The molecule has 2 rings (SSSR count). The van der Waals surface area contributed by atoms with Crippen molar-refractivity contribution in [2.45, 2.75) is 32.7 Å². The first-order valence-corrected chi connectivity index (χ1v) is 6.60. The normalized spacial score (nSPS) is 11.3. The van der Waals surface area contributed by atoms with Crippen LogP contribution >= 0.6 is 12.2 Å². The van der Waals surface area contributed by atoms with Crippen molar-refractivity contribution in [3.05, 3.63) is 52.1 Å². The van der Waals surface area contributed by atoms with Gasteiger partial charge >= 0.3 is 0 Å². The molecule has 0 fully saturated rings. The SMILES string of the molecule is CC(C)(C)c1c[nH]c(=S)n1Cc1ccc(C#N)cc1. The summed E-state index contributed by atoms with van der Waals surface area (Å²) >= 11 is 5.34. The van der Waals surface area contributed by atoms with Gasteiger partial charge in [-0.25, -0.2) is 0 Å². The minimum absolute atomic E-state index is 0.0418. The quantitative estimate of drug-likeness (QED) is 0.845. The number of H-pyrrole nitrogens is 1. The van der Waals surface area contributed by atoms with E-state index < -0.39 is 0 Å². The number of benzene rings is 1. The standard InChI is InChI=1S/C15H17N3S/c1-15(2,3)13-9-17-14(19)18(13)10-12-6-4-11(8-16)5-7-12/h4-7,9H,10H2,1-3H3,(H,17,19). The Morgan fingerprint density at radius 2 is 1.89 bits per heavy atom. The van der Waals surface area contributed by atoms with Crippen LogP contribution in [0, 0.1) is 16.1 Å². The molecule has 19 heavy (non-hydrogen) atoms. The molecular formula is C15H17N3S. The van der Waals surface area contributed by atoms with Crippen LogP contribution in [0.2, 0.25) is 0 Å². The minimum Gasteiger partial charge on any atom is -0.337 e. The largest absolute Gasteiger partial charge is 0.337 e. The number of nitriles is 1. The molecule has 4 heteroatoms. The fraction of sp³-hybridized carbons (Fsp3) is 0.333. The van der Waals surface area contributed by atoms with Gasteiger partial charge in [0.05, 0.1) is 18.2 Å². The van der Waals surface area contributed by atoms with Gasteiger partial charge in [0.2, 0.25) is 0 Å². The van der Waals surface area contributed by atoms with Crippen LogP contribution < -0.4 is 0 Å². The molecular weight excluding hydrogens is 254 g/mol. The van der Waals surface area contributed by atoms with E-state index in [4.69, 9.17) is 17.5 Å². The Morgan fingerprint density at radius 1 is 1.26 bits per heavy atom. The van der Waals surface area contributed by atoms with Crippen molar-refractivity contribution >= 4 is 12.2 Å². The van der Waals surface area contributed by atoms with Crippen LogP contribution in [0.1, 0.15) is 37.6 Å². The third-order valence-corrected chi connectivity index (χ3v) is 3.40. The number of hydrogen-bond donors (Lipinski definition) is 1. The predicted molar refractivity (Wildman–Crippen MR) is 78.6 cm³/mol. The smallest absolute Gasteiger partial charge is 0.177 e. The van der Waals surface area contributed by atoms with Gasteiger partial charge in [0.1, 0.15) is 0 Å². The number of aromatic nitrogens is 2. The maximum Gasteiger partial charge on any atom is 0.177 e. The second-order valence-corrected chi connectivity index (χ2v) is 6.01. The van der Waals surface area contributed by atoms with E-state index in [1.165, 1.54) is 5.69 Å². The second kappa shape index (κ2) is 5.02. The van der Waals surface area contributed by atoms with Crippen LogP contribution in [0.15, 0.2) is 30.5 Å². The van der Waals surface area contributed by atoms with Gasteiger partial charge < -0.3 is 9.55 Å². The highest BCUT2D eigenvalue weighted by atomic mass is 32.1. The van der Waals surface area contributed by atoms with E-state index >= 15 is 0 Å². The molecule has 0 aliphatic carbocycles. The third-order valence-electron chi connectivity index (χ3n) is 3.06. The van der Waals surface area contributed by atoms with Gasteiger partial charge in [0.25, 0.3) is 0 Å². The Hall–Kier alpha value is -1.86. The Kier molecular flexibility index (Phi) is 3.59. The highest BCUT2D eigenvalue weighted by Gasteiger charge is 2.19.